The monoisotopic (exact) mass is 908 g/mol. The molecule has 70 heavy (non-hydrogen) atoms. The van der Waals surface area contributed by atoms with Gasteiger partial charge in [-0.05, 0) is 86.5 Å². The van der Waals surface area contributed by atoms with E-state index >= 15 is 0 Å². The van der Waals surface area contributed by atoms with Crippen LogP contribution in [0.25, 0.3) is 126 Å². The summed E-state index contributed by atoms with van der Waals surface area (Å²) in [5, 5.41) is 6.78. The summed E-state index contributed by atoms with van der Waals surface area (Å²) in [7, 11) is 0. The van der Waals surface area contributed by atoms with Gasteiger partial charge in [0.05, 0.1) is 16.4 Å². The first-order valence-electron chi connectivity index (χ1n) is 23.8. The number of aromatic nitrogens is 4. The summed E-state index contributed by atoms with van der Waals surface area (Å²) in [6.07, 6.45) is 0. The van der Waals surface area contributed by atoms with Crippen LogP contribution >= 0.6 is 11.3 Å². The minimum absolute atomic E-state index is 0.469. The molecule has 2 aliphatic carbocycles. The first kappa shape index (κ1) is 38.0. The molecule has 0 amide bonds. The second-order valence-electron chi connectivity index (χ2n) is 18.5. The lowest BCUT2D eigenvalue weighted by Crippen LogP contribution is -2.25. The fourth-order valence-corrected chi connectivity index (χ4v) is 13.4. The maximum atomic E-state index is 6.81. The molecule has 14 aromatic rings. The minimum Gasteiger partial charge on any atom is -0.455 e. The van der Waals surface area contributed by atoms with Crippen LogP contribution in [0.1, 0.15) is 22.3 Å². The van der Waals surface area contributed by atoms with Crippen molar-refractivity contribution in [3.05, 3.63) is 241 Å². The highest BCUT2D eigenvalue weighted by Gasteiger charge is 2.52. The maximum Gasteiger partial charge on any atom is 0.238 e. The summed E-state index contributed by atoms with van der Waals surface area (Å²) >= 11 is 1.80. The Morgan fingerprint density at radius 1 is 0.386 bits per heavy atom. The number of fused-ring (bicyclic) bond motifs is 20. The van der Waals surface area contributed by atoms with E-state index in [0.717, 1.165) is 66.0 Å². The molecule has 4 aromatic heterocycles. The van der Waals surface area contributed by atoms with Crippen LogP contribution in [0.2, 0.25) is 0 Å². The Bertz CT molecular complexity index is 4510. The summed E-state index contributed by atoms with van der Waals surface area (Å²) in [6.45, 7) is 0. The molecule has 5 nitrogen and oxygen atoms in total. The highest BCUT2D eigenvalue weighted by atomic mass is 32.1. The van der Waals surface area contributed by atoms with Gasteiger partial charge in [-0.2, -0.15) is 9.97 Å². The Morgan fingerprint density at radius 3 is 1.84 bits per heavy atom. The average molecular weight is 909 g/mol. The van der Waals surface area contributed by atoms with E-state index in [1.54, 1.807) is 11.3 Å². The van der Waals surface area contributed by atoms with Gasteiger partial charge in [-0.15, -0.1) is 11.3 Å². The van der Waals surface area contributed by atoms with Crippen molar-refractivity contribution in [1.29, 1.82) is 0 Å². The summed E-state index contributed by atoms with van der Waals surface area (Å²) < 4.78 is 11.5. The van der Waals surface area contributed by atoms with Crippen LogP contribution in [0, 0.1) is 0 Å². The van der Waals surface area contributed by atoms with Crippen LogP contribution in [-0.4, -0.2) is 19.5 Å². The molecule has 0 bridgehead atoms. The van der Waals surface area contributed by atoms with Crippen LogP contribution < -0.4 is 0 Å². The number of benzene rings is 10. The van der Waals surface area contributed by atoms with Crippen molar-refractivity contribution in [2.24, 2.45) is 0 Å². The number of thiophene rings is 1. The molecule has 0 saturated carbocycles. The zero-order valence-electron chi connectivity index (χ0n) is 37.4. The molecule has 2 aliphatic rings. The molecule has 0 radical (unpaired) electrons. The molecule has 0 aliphatic heterocycles. The summed E-state index contributed by atoms with van der Waals surface area (Å²) in [6, 6.07) is 78.8. The third-order valence-corrected chi connectivity index (χ3v) is 16.2. The van der Waals surface area contributed by atoms with E-state index in [0.29, 0.717) is 17.6 Å². The van der Waals surface area contributed by atoms with E-state index in [-0.39, 0.29) is 0 Å². The second kappa shape index (κ2) is 14.0. The van der Waals surface area contributed by atoms with E-state index in [1.807, 2.05) is 6.07 Å². The van der Waals surface area contributed by atoms with Crippen LogP contribution in [-0.2, 0) is 5.41 Å². The molecule has 0 unspecified atom stereocenters. The lowest BCUT2D eigenvalue weighted by atomic mass is 9.70. The topological polar surface area (TPSA) is 56.7 Å². The highest BCUT2D eigenvalue weighted by Crippen LogP contribution is 2.64. The van der Waals surface area contributed by atoms with Crippen molar-refractivity contribution in [1.82, 2.24) is 19.5 Å². The van der Waals surface area contributed by atoms with Crippen LogP contribution in [0.5, 0.6) is 0 Å². The van der Waals surface area contributed by atoms with Gasteiger partial charge in [0.25, 0.3) is 0 Å². The first-order valence-corrected chi connectivity index (χ1v) is 24.6. The molecule has 324 valence electrons. The lowest BCUT2D eigenvalue weighted by molar-refractivity contribution is 0.670. The number of hydrogen-bond donors (Lipinski definition) is 0. The number of rotatable bonds is 4. The van der Waals surface area contributed by atoms with Gasteiger partial charge in [0.1, 0.15) is 11.2 Å². The maximum absolute atomic E-state index is 6.81. The van der Waals surface area contributed by atoms with Crippen molar-refractivity contribution in [3.63, 3.8) is 0 Å². The number of para-hydroxylation sites is 2. The molecule has 4 heterocycles. The van der Waals surface area contributed by atoms with Gasteiger partial charge >= 0.3 is 0 Å². The standard InChI is InChI=1S/C64H36N4OS/c1-2-16-37(17-3-1)39-23-14-24-43-42-33-32-38(36-54(42)69-60(39)43)61-65-62(47-25-15-31-56-57(47)46-22-8-13-30-55(46)70-56)67-63(66-61)68-52-29-12-7-21-45(52)59-53(68)35-34-51-58(59)44-20-6-11-28-50(44)64(51)48-26-9-4-18-40(48)41-19-5-10-27-49(41)64/h1-36H. The van der Waals surface area contributed by atoms with Gasteiger partial charge in [0, 0.05) is 58.4 Å². The third kappa shape index (κ3) is 4.97. The van der Waals surface area contributed by atoms with Crippen molar-refractivity contribution in [3.8, 4) is 62.1 Å². The Hall–Kier alpha value is -8.97. The van der Waals surface area contributed by atoms with Crippen LogP contribution in [0.15, 0.2) is 223 Å². The largest absolute Gasteiger partial charge is 0.455 e. The number of nitrogens with zero attached hydrogens (tertiary/aromatic N) is 4. The molecule has 0 fully saturated rings. The zero-order chi connectivity index (χ0) is 45.7. The van der Waals surface area contributed by atoms with Gasteiger partial charge in [-0.25, -0.2) is 4.98 Å². The summed E-state index contributed by atoms with van der Waals surface area (Å²) in [5.74, 6) is 1.73. The van der Waals surface area contributed by atoms with Crippen molar-refractivity contribution in [2.75, 3.05) is 0 Å². The minimum atomic E-state index is -0.469. The number of hydrogen-bond acceptors (Lipinski definition) is 5. The van der Waals surface area contributed by atoms with E-state index in [2.05, 4.69) is 217 Å². The van der Waals surface area contributed by atoms with Crippen LogP contribution in [0.3, 0.4) is 0 Å². The van der Waals surface area contributed by atoms with Crippen LogP contribution in [0.4, 0.5) is 0 Å². The Morgan fingerprint density at radius 2 is 1.01 bits per heavy atom. The molecule has 0 saturated heterocycles. The van der Waals surface area contributed by atoms with Gasteiger partial charge in [-0.1, -0.05) is 182 Å². The van der Waals surface area contributed by atoms with Crippen molar-refractivity contribution >= 4 is 75.3 Å². The smallest absolute Gasteiger partial charge is 0.238 e. The molecule has 0 atom stereocenters. The zero-order valence-corrected chi connectivity index (χ0v) is 38.2. The summed E-state index contributed by atoms with van der Waals surface area (Å²) in [4.78, 5) is 16.5. The lowest BCUT2D eigenvalue weighted by Gasteiger charge is -2.30. The average Bonchev–Trinajstić information content (AvgIpc) is 4.22. The quantitative estimate of drug-likeness (QED) is 0.177. The van der Waals surface area contributed by atoms with Crippen molar-refractivity contribution in [2.45, 2.75) is 5.41 Å². The molecule has 1 spiro atoms. The predicted octanol–water partition coefficient (Wildman–Crippen LogP) is 16.6. The fraction of sp³-hybridized carbons (Fsp3) is 0.0156. The Balaban J connectivity index is 0.978. The fourth-order valence-electron chi connectivity index (χ4n) is 12.3. The third-order valence-electron chi connectivity index (χ3n) is 15.1. The highest BCUT2D eigenvalue weighted by molar-refractivity contribution is 7.25. The molecular weight excluding hydrogens is 873 g/mol. The molecule has 6 heteroatoms. The van der Waals surface area contributed by atoms with E-state index in [1.165, 1.54) is 64.7 Å². The Kier molecular flexibility index (Phi) is 7.63. The van der Waals surface area contributed by atoms with Gasteiger partial charge < -0.3 is 4.42 Å². The van der Waals surface area contributed by atoms with E-state index < -0.39 is 5.41 Å². The SMILES string of the molecule is c1ccc(-c2cccc3c2oc2cc(-c4nc(-c5cccc6sc7ccccc7c56)nc(-n5c6ccccc6c6c7c(ccc65)C5(c6ccccc6-c6ccccc65)c5ccccc5-7)n4)ccc23)cc1. The van der Waals surface area contributed by atoms with Crippen molar-refractivity contribution < 1.29 is 4.42 Å². The molecular formula is C64H36N4OS. The number of furan rings is 1. The first-order chi connectivity index (χ1) is 34.7. The second-order valence-corrected chi connectivity index (χ2v) is 19.6. The predicted molar refractivity (Wildman–Crippen MR) is 287 cm³/mol. The van der Waals surface area contributed by atoms with Gasteiger partial charge in [-0.3, -0.25) is 4.57 Å². The van der Waals surface area contributed by atoms with Gasteiger partial charge in [0.15, 0.2) is 11.6 Å². The normalized spacial score (nSPS) is 13.3. The Labute approximate surface area is 405 Å². The molecule has 10 aromatic carbocycles. The molecule has 16 rings (SSSR count). The van der Waals surface area contributed by atoms with E-state index in [4.69, 9.17) is 19.4 Å². The van der Waals surface area contributed by atoms with E-state index in [9.17, 15) is 0 Å². The summed E-state index contributed by atoms with van der Waals surface area (Å²) in [5.41, 5.74) is 17.6. The molecule has 0 N–H and O–H groups in total. The van der Waals surface area contributed by atoms with Gasteiger partial charge in [0.2, 0.25) is 5.95 Å².